The van der Waals surface area contributed by atoms with Crippen LogP contribution in [0.25, 0.3) is 10.9 Å². The topological polar surface area (TPSA) is 125 Å². The highest BCUT2D eigenvalue weighted by Gasteiger charge is 2.27. The molecule has 1 aromatic heterocycles. The number of nitrogens with one attached hydrogen (secondary N) is 2. The predicted octanol–water partition coefficient (Wildman–Crippen LogP) is 5.97. The molecule has 2 fully saturated rings. The van der Waals surface area contributed by atoms with Crippen molar-refractivity contribution in [2.75, 3.05) is 25.3 Å². The molecule has 0 saturated heterocycles. The lowest BCUT2D eigenvalue weighted by atomic mass is 9.95. The standard InChI is InChI=1S/C29H39FN3O7P/c1-29(2,3)28(36)38-18-40-41(37)39-14-13-31-27(35)22-17-33(20-11-7-8-12-20)25-16-24(23(30)15-21(25)26(22)34)32-19-9-5-4-6-10-19/h15-17,19-20H,4-14,18H2,1-3H3,(H-,31,32,34,35)/p+1. The van der Waals surface area contributed by atoms with E-state index in [-0.39, 0.29) is 36.2 Å². The highest BCUT2D eigenvalue weighted by molar-refractivity contribution is 7.33. The Kier molecular flexibility index (Phi) is 10.5. The third-order valence-electron chi connectivity index (χ3n) is 7.59. The Morgan fingerprint density at radius 3 is 2.41 bits per heavy atom. The summed E-state index contributed by atoms with van der Waals surface area (Å²) in [6, 6.07) is 3.26. The van der Waals surface area contributed by atoms with Gasteiger partial charge in [-0.15, -0.1) is 4.52 Å². The molecule has 1 unspecified atom stereocenters. The number of fused-ring (bicyclic) bond motifs is 1. The summed E-state index contributed by atoms with van der Waals surface area (Å²) in [6.45, 7) is 4.29. The summed E-state index contributed by atoms with van der Waals surface area (Å²) in [5, 5.41) is 6.10. The van der Waals surface area contributed by atoms with Crippen LogP contribution in [0.3, 0.4) is 0 Å². The van der Waals surface area contributed by atoms with Crippen LogP contribution in [-0.2, 0) is 23.1 Å². The molecule has 1 aromatic carbocycles. The van der Waals surface area contributed by atoms with Crippen molar-refractivity contribution < 1.29 is 32.3 Å². The van der Waals surface area contributed by atoms with E-state index < -0.39 is 43.6 Å². The van der Waals surface area contributed by atoms with Gasteiger partial charge in [0.05, 0.1) is 16.6 Å². The second kappa shape index (κ2) is 13.9. The molecule has 10 nitrogen and oxygen atoms in total. The van der Waals surface area contributed by atoms with Gasteiger partial charge in [-0.05, 0) is 58.6 Å². The van der Waals surface area contributed by atoms with Gasteiger partial charge in [0.2, 0.25) is 12.2 Å². The number of amides is 1. The van der Waals surface area contributed by atoms with Gasteiger partial charge < -0.3 is 19.9 Å². The van der Waals surface area contributed by atoms with E-state index in [9.17, 15) is 18.9 Å². The van der Waals surface area contributed by atoms with Gasteiger partial charge in [0.1, 0.15) is 18.0 Å². The molecule has 0 bridgehead atoms. The number of anilines is 1. The average molecular weight is 593 g/mol. The van der Waals surface area contributed by atoms with Crippen LogP contribution in [0.4, 0.5) is 10.1 Å². The maximum atomic E-state index is 15.2. The molecule has 0 spiro atoms. The summed E-state index contributed by atoms with van der Waals surface area (Å²) in [4.78, 5) is 38.1. The van der Waals surface area contributed by atoms with Crippen molar-refractivity contribution >= 4 is 36.7 Å². The fraction of sp³-hybridized carbons (Fsp3) is 0.621. The number of halogens is 1. The summed E-state index contributed by atoms with van der Waals surface area (Å²) in [6.07, 6.45) is 10.9. The van der Waals surface area contributed by atoms with Crippen molar-refractivity contribution in [3.63, 3.8) is 0 Å². The summed E-state index contributed by atoms with van der Waals surface area (Å²) in [5.41, 5.74) is -0.367. The first-order chi connectivity index (χ1) is 19.5. The van der Waals surface area contributed by atoms with Crippen LogP contribution in [0.1, 0.15) is 95.0 Å². The van der Waals surface area contributed by atoms with E-state index in [2.05, 4.69) is 10.6 Å². The smallest absolute Gasteiger partial charge is 0.433 e. The second-order valence-corrected chi connectivity index (χ2v) is 12.8. The zero-order valence-corrected chi connectivity index (χ0v) is 24.9. The molecule has 41 heavy (non-hydrogen) atoms. The van der Waals surface area contributed by atoms with E-state index in [0.717, 1.165) is 51.4 Å². The molecule has 224 valence electrons. The Hall–Kier alpha value is -2.88. The Morgan fingerprint density at radius 2 is 1.73 bits per heavy atom. The zero-order valence-electron chi connectivity index (χ0n) is 24.0. The van der Waals surface area contributed by atoms with Crippen LogP contribution in [-0.4, -0.2) is 42.4 Å². The maximum absolute atomic E-state index is 15.2. The first-order valence-electron chi connectivity index (χ1n) is 14.4. The van der Waals surface area contributed by atoms with E-state index in [1.54, 1.807) is 33.0 Å². The normalized spacial score (nSPS) is 17.0. The minimum atomic E-state index is -2.58. The Morgan fingerprint density at radius 1 is 1.05 bits per heavy atom. The number of hydrogen-bond acceptors (Lipinski definition) is 8. The number of aromatic nitrogens is 1. The minimum absolute atomic E-state index is 0.0510. The van der Waals surface area contributed by atoms with Crippen LogP contribution in [0.2, 0.25) is 0 Å². The van der Waals surface area contributed by atoms with E-state index in [0.29, 0.717) is 11.2 Å². The van der Waals surface area contributed by atoms with Gasteiger partial charge in [-0.2, -0.15) is 0 Å². The van der Waals surface area contributed by atoms with E-state index in [4.69, 9.17) is 13.8 Å². The van der Waals surface area contributed by atoms with Gasteiger partial charge in [-0.1, -0.05) is 36.6 Å². The van der Waals surface area contributed by atoms with Crippen molar-refractivity contribution in [3.8, 4) is 0 Å². The van der Waals surface area contributed by atoms with Gasteiger partial charge in [0, 0.05) is 34.8 Å². The van der Waals surface area contributed by atoms with E-state index in [1.807, 2.05) is 4.57 Å². The number of pyridine rings is 1. The largest absolute Gasteiger partial charge is 0.701 e. The molecular weight excluding hydrogens is 552 g/mol. The number of benzene rings is 1. The zero-order chi connectivity index (χ0) is 29.6. The summed E-state index contributed by atoms with van der Waals surface area (Å²) in [7, 11) is -2.58. The number of nitrogens with zero attached hydrogens (tertiary/aromatic N) is 1. The van der Waals surface area contributed by atoms with Crippen molar-refractivity contribution in [3.05, 3.63) is 39.9 Å². The van der Waals surface area contributed by atoms with Crippen molar-refractivity contribution in [2.45, 2.75) is 90.6 Å². The van der Waals surface area contributed by atoms with Gasteiger partial charge in [-0.3, -0.25) is 14.4 Å². The molecule has 1 amide bonds. The summed E-state index contributed by atoms with van der Waals surface area (Å²) in [5.74, 6) is -1.66. The number of hydrogen-bond donors (Lipinski definition) is 2. The molecule has 2 N–H and O–H groups in total. The number of carbonyl (C=O) groups is 2. The predicted molar refractivity (Wildman–Crippen MR) is 154 cm³/mol. The molecule has 12 heteroatoms. The van der Waals surface area contributed by atoms with Crippen LogP contribution in [0, 0.1) is 11.2 Å². The quantitative estimate of drug-likeness (QED) is 0.142. The lowest BCUT2D eigenvalue weighted by Crippen LogP contribution is -2.32. The van der Waals surface area contributed by atoms with Crippen LogP contribution >= 0.6 is 8.25 Å². The van der Waals surface area contributed by atoms with Crippen molar-refractivity contribution in [1.82, 2.24) is 9.88 Å². The molecule has 1 atom stereocenters. The average Bonchev–Trinajstić information content (AvgIpc) is 3.47. The molecule has 2 aliphatic carbocycles. The molecule has 2 saturated carbocycles. The van der Waals surface area contributed by atoms with Crippen molar-refractivity contribution in [2.24, 2.45) is 5.41 Å². The van der Waals surface area contributed by atoms with Crippen LogP contribution in [0.5, 0.6) is 0 Å². The van der Waals surface area contributed by atoms with Crippen LogP contribution < -0.4 is 16.1 Å². The maximum Gasteiger partial charge on any atom is 0.701 e. The summed E-state index contributed by atoms with van der Waals surface area (Å²) < 4.78 is 43.8. The fourth-order valence-corrected chi connectivity index (χ4v) is 5.80. The molecule has 4 rings (SSSR count). The second-order valence-electron chi connectivity index (χ2n) is 11.8. The first kappa shape index (κ1) is 31.1. The third kappa shape index (κ3) is 8.11. The van der Waals surface area contributed by atoms with Gasteiger partial charge >= 0.3 is 14.2 Å². The molecular formula is C29H40FN3O7P+. The lowest BCUT2D eigenvalue weighted by molar-refractivity contribution is -0.159. The monoisotopic (exact) mass is 592 g/mol. The number of carbonyl (C=O) groups excluding carboxylic acids is 2. The summed E-state index contributed by atoms with van der Waals surface area (Å²) >= 11 is 0. The fourth-order valence-electron chi connectivity index (χ4n) is 5.35. The lowest BCUT2D eigenvalue weighted by Gasteiger charge is -2.25. The van der Waals surface area contributed by atoms with Gasteiger partial charge in [0.15, 0.2) is 0 Å². The minimum Gasteiger partial charge on any atom is -0.433 e. The molecule has 2 aromatic rings. The molecule has 0 radical (unpaired) electrons. The number of ether oxygens (including phenoxy) is 1. The highest BCUT2D eigenvalue weighted by Crippen LogP contribution is 2.34. The first-order valence-corrected chi connectivity index (χ1v) is 15.5. The van der Waals surface area contributed by atoms with Crippen LogP contribution in [0.15, 0.2) is 23.1 Å². The number of esters is 1. The van der Waals surface area contributed by atoms with Gasteiger partial charge in [0.25, 0.3) is 5.91 Å². The van der Waals surface area contributed by atoms with E-state index in [1.165, 1.54) is 12.5 Å². The van der Waals surface area contributed by atoms with Crippen molar-refractivity contribution in [1.29, 1.82) is 0 Å². The SMILES string of the molecule is CC(C)(C)C(=O)OCO[P+](=O)OCCNC(=O)c1cn(C2CCCC2)c2cc(NC3CCCCC3)c(F)cc2c1=O. The van der Waals surface area contributed by atoms with E-state index >= 15 is 4.39 Å². The Labute approximate surface area is 240 Å². The third-order valence-corrected chi connectivity index (χ3v) is 8.30. The Bertz CT molecular complexity index is 1330. The molecule has 1 heterocycles. The highest BCUT2D eigenvalue weighted by atomic mass is 31.1. The Balaban J connectivity index is 1.43. The number of rotatable bonds is 11. The van der Waals surface area contributed by atoms with Gasteiger partial charge in [-0.25, -0.2) is 4.39 Å². The molecule has 2 aliphatic rings. The molecule has 0 aliphatic heterocycles.